The molecule has 0 aliphatic carbocycles. The molecule has 1 heterocycles. The first-order chi connectivity index (χ1) is 10.5. The van der Waals surface area contributed by atoms with Crippen LogP contribution in [0.1, 0.15) is 11.3 Å². The number of nitrogens with zero attached hydrogens (tertiary/aromatic N) is 2. The van der Waals surface area contributed by atoms with Gasteiger partial charge in [-0.2, -0.15) is 0 Å². The molecule has 0 aliphatic heterocycles. The zero-order valence-corrected chi connectivity index (χ0v) is 13.3. The number of amides is 1. The molecule has 1 aromatic carbocycles. The highest BCUT2D eigenvalue weighted by Gasteiger charge is 2.10. The van der Waals surface area contributed by atoms with Crippen molar-refractivity contribution in [2.45, 2.75) is 19.0 Å². The minimum Gasteiger partial charge on any atom is -0.495 e. The predicted molar refractivity (Wildman–Crippen MR) is 84.5 cm³/mol. The van der Waals surface area contributed by atoms with Crippen LogP contribution < -0.4 is 15.6 Å². The van der Waals surface area contributed by atoms with Gasteiger partial charge in [-0.15, -0.1) is 10.2 Å². The number of methoxy groups -OCH3 is 1. The van der Waals surface area contributed by atoms with Crippen LogP contribution in [-0.2, 0) is 4.79 Å². The number of carbonyl (C=O) groups is 1. The van der Waals surface area contributed by atoms with Crippen LogP contribution in [0.5, 0.6) is 5.75 Å². The van der Waals surface area contributed by atoms with Gasteiger partial charge in [-0.05, 0) is 31.5 Å². The van der Waals surface area contributed by atoms with Gasteiger partial charge in [-0.1, -0.05) is 17.8 Å². The van der Waals surface area contributed by atoms with E-state index in [1.54, 1.807) is 20.1 Å². The highest BCUT2D eigenvalue weighted by molar-refractivity contribution is 7.99. The van der Waals surface area contributed by atoms with Crippen molar-refractivity contribution in [3.8, 4) is 5.75 Å². The molecule has 0 fully saturated rings. The molecule has 0 bridgehead atoms. The lowest BCUT2D eigenvalue weighted by Gasteiger charge is -2.10. The molecule has 22 heavy (non-hydrogen) atoms. The number of anilines is 1. The van der Waals surface area contributed by atoms with E-state index in [2.05, 4.69) is 20.5 Å². The molecule has 2 N–H and O–H groups in total. The van der Waals surface area contributed by atoms with Gasteiger partial charge < -0.3 is 10.1 Å². The van der Waals surface area contributed by atoms with E-state index in [9.17, 15) is 9.59 Å². The number of hydrogen-bond donors (Lipinski definition) is 2. The molecule has 0 radical (unpaired) electrons. The third-order valence-electron chi connectivity index (χ3n) is 2.81. The van der Waals surface area contributed by atoms with Crippen LogP contribution in [0.2, 0.25) is 0 Å². The van der Waals surface area contributed by atoms with E-state index in [-0.39, 0.29) is 17.2 Å². The monoisotopic (exact) mass is 320 g/mol. The summed E-state index contributed by atoms with van der Waals surface area (Å²) in [5, 5.41) is 10.6. The van der Waals surface area contributed by atoms with Crippen LogP contribution in [0.25, 0.3) is 0 Å². The van der Waals surface area contributed by atoms with Crippen molar-refractivity contribution in [3.05, 3.63) is 39.8 Å². The summed E-state index contributed by atoms with van der Waals surface area (Å²) in [4.78, 5) is 26.0. The van der Waals surface area contributed by atoms with Crippen molar-refractivity contribution in [1.29, 1.82) is 0 Å². The minimum atomic E-state index is -0.307. The van der Waals surface area contributed by atoms with Crippen LogP contribution in [0.4, 0.5) is 5.69 Å². The largest absolute Gasteiger partial charge is 0.495 e. The summed E-state index contributed by atoms with van der Waals surface area (Å²) in [6.45, 7) is 3.49. The lowest BCUT2D eigenvalue weighted by molar-refractivity contribution is -0.113. The number of thioether (sulfide) groups is 1. The molecule has 116 valence electrons. The Labute approximate surface area is 131 Å². The van der Waals surface area contributed by atoms with Gasteiger partial charge in [0.05, 0.1) is 18.6 Å². The number of aromatic amines is 1. The maximum absolute atomic E-state index is 12.0. The standard InChI is InChI=1S/C14H16N4O3S/c1-8-4-5-11(21-3)10(6-8)15-12(19)7-22-14-16-13(20)9(2)17-18-14/h4-6H,7H2,1-3H3,(H,15,19)(H,16,18,20). The van der Waals surface area contributed by atoms with Gasteiger partial charge in [0.1, 0.15) is 11.4 Å². The molecule has 2 rings (SSSR count). The minimum absolute atomic E-state index is 0.102. The number of hydrogen-bond acceptors (Lipinski definition) is 6. The summed E-state index contributed by atoms with van der Waals surface area (Å²) in [7, 11) is 1.54. The van der Waals surface area contributed by atoms with Crippen LogP contribution in [0.3, 0.4) is 0 Å². The van der Waals surface area contributed by atoms with Crippen molar-refractivity contribution in [1.82, 2.24) is 15.2 Å². The predicted octanol–water partition coefficient (Wildman–Crippen LogP) is 1.52. The molecule has 0 atom stereocenters. The molecule has 0 saturated heterocycles. The Bertz CT molecular complexity index is 745. The van der Waals surface area contributed by atoms with Crippen molar-refractivity contribution in [2.24, 2.45) is 0 Å². The smallest absolute Gasteiger partial charge is 0.273 e. The molecule has 8 heteroatoms. The van der Waals surface area contributed by atoms with Crippen LogP contribution in [0.15, 0.2) is 28.2 Å². The third-order valence-corrected chi connectivity index (χ3v) is 3.67. The quantitative estimate of drug-likeness (QED) is 0.811. The molecule has 0 saturated carbocycles. The Kier molecular flexibility index (Phi) is 5.16. The van der Waals surface area contributed by atoms with E-state index in [0.717, 1.165) is 17.3 Å². The van der Waals surface area contributed by atoms with E-state index in [1.807, 2.05) is 19.1 Å². The normalized spacial score (nSPS) is 10.3. The molecule has 1 amide bonds. The van der Waals surface area contributed by atoms with Gasteiger partial charge >= 0.3 is 0 Å². The van der Waals surface area contributed by atoms with E-state index < -0.39 is 0 Å². The first kappa shape index (κ1) is 16.0. The van der Waals surface area contributed by atoms with Crippen LogP contribution in [0, 0.1) is 13.8 Å². The zero-order valence-electron chi connectivity index (χ0n) is 12.5. The lowest BCUT2D eigenvalue weighted by atomic mass is 10.2. The Hall–Kier alpha value is -2.35. The number of aryl methyl sites for hydroxylation is 2. The number of H-pyrrole nitrogens is 1. The number of carbonyl (C=O) groups excluding carboxylic acids is 1. The number of aromatic nitrogens is 3. The Balaban J connectivity index is 2.00. The van der Waals surface area contributed by atoms with Crippen LogP contribution >= 0.6 is 11.8 Å². The average molecular weight is 320 g/mol. The fraction of sp³-hybridized carbons (Fsp3) is 0.286. The van der Waals surface area contributed by atoms with Crippen molar-refractivity contribution < 1.29 is 9.53 Å². The van der Waals surface area contributed by atoms with Gasteiger partial charge in [-0.3, -0.25) is 14.6 Å². The number of ether oxygens (including phenoxy) is 1. The summed E-state index contributed by atoms with van der Waals surface area (Å²) in [5.41, 5.74) is 1.60. The lowest BCUT2D eigenvalue weighted by Crippen LogP contribution is -2.17. The first-order valence-electron chi connectivity index (χ1n) is 6.50. The summed E-state index contributed by atoms with van der Waals surface area (Å²) >= 11 is 1.11. The second-order valence-electron chi connectivity index (χ2n) is 4.59. The Morgan fingerprint density at radius 2 is 2.14 bits per heavy atom. The molecule has 0 unspecified atom stereocenters. The second kappa shape index (κ2) is 7.08. The summed E-state index contributed by atoms with van der Waals surface area (Å²) < 4.78 is 5.20. The van der Waals surface area contributed by atoms with Gasteiger partial charge in [0, 0.05) is 0 Å². The Morgan fingerprint density at radius 3 is 2.82 bits per heavy atom. The average Bonchev–Trinajstić information content (AvgIpc) is 2.49. The molecule has 0 aliphatic rings. The van der Waals surface area contributed by atoms with Crippen molar-refractivity contribution in [3.63, 3.8) is 0 Å². The van der Waals surface area contributed by atoms with E-state index in [1.165, 1.54) is 0 Å². The van der Waals surface area contributed by atoms with Gasteiger partial charge in [0.15, 0.2) is 5.16 Å². The number of benzene rings is 1. The zero-order chi connectivity index (χ0) is 16.1. The third kappa shape index (κ3) is 4.08. The van der Waals surface area contributed by atoms with Crippen molar-refractivity contribution in [2.75, 3.05) is 18.2 Å². The SMILES string of the molecule is COc1ccc(C)cc1NC(=O)CSc1nnc(C)c(=O)[nH]1. The molecule has 2 aromatic rings. The molecule has 0 spiro atoms. The summed E-state index contributed by atoms with van der Waals surface area (Å²) in [5.74, 6) is 0.467. The highest BCUT2D eigenvalue weighted by Crippen LogP contribution is 2.25. The Morgan fingerprint density at radius 1 is 1.36 bits per heavy atom. The summed E-state index contributed by atoms with van der Waals surface area (Å²) in [6.07, 6.45) is 0. The number of nitrogens with one attached hydrogen (secondary N) is 2. The van der Waals surface area contributed by atoms with E-state index >= 15 is 0 Å². The maximum Gasteiger partial charge on any atom is 0.273 e. The van der Waals surface area contributed by atoms with Crippen molar-refractivity contribution >= 4 is 23.4 Å². The maximum atomic E-state index is 12.0. The highest BCUT2D eigenvalue weighted by atomic mass is 32.2. The molecular formula is C14H16N4O3S. The van der Waals surface area contributed by atoms with Gasteiger partial charge in [0.25, 0.3) is 5.56 Å². The second-order valence-corrected chi connectivity index (χ2v) is 5.55. The molecule has 7 nitrogen and oxygen atoms in total. The number of rotatable bonds is 5. The molecule has 1 aromatic heterocycles. The first-order valence-corrected chi connectivity index (χ1v) is 7.49. The van der Waals surface area contributed by atoms with Gasteiger partial charge in [-0.25, -0.2) is 0 Å². The van der Waals surface area contributed by atoms with E-state index in [4.69, 9.17) is 4.74 Å². The van der Waals surface area contributed by atoms with Crippen LogP contribution in [-0.4, -0.2) is 34.0 Å². The fourth-order valence-corrected chi connectivity index (χ4v) is 2.29. The summed E-state index contributed by atoms with van der Waals surface area (Å²) in [6, 6.07) is 5.52. The van der Waals surface area contributed by atoms with E-state index in [0.29, 0.717) is 22.3 Å². The topological polar surface area (TPSA) is 97.0 Å². The van der Waals surface area contributed by atoms with Gasteiger partial charge in [0.2, 0.25) is 5.91 Å². The fourth-order valence-electron chi connectivity index (χ4n) is 1.68. The molecular weight excluding hydrogens is 304 g/mol.